The lowest BCUT2D eigenvalue weighted by molar-refractivity contribution is -0.120. The summed E-state index contributed by atoms with van der Waals surface area (Å²) in [5.41, 5.74) is 9.13. The van der Waals surface area contributed by atoms with Crippen molar-refractivity contribution in [3.8, 4) is 11.5 Å². The standard InChI is InChI=1S/C28H32N4O5/c1-15-8-9-30-23(10-15)32-27(35)24-16(2)31-18-12-28(3,4)13-19(33)26(18)25(24)17-6-7-20(21(11-17)36-5)37-14-22(29)34/h6-11,25,31H,12-14H2,1-5H3,(H2,29,34)(H,30,32,35)/t25-/m1/s1. The molecule has 1 aliphatic heterocycles. The zero-order valence-corrected chi connectivity index (χ0v) is 21.7. The number of nitrogens with one attached hydrogen (secondary N) is 2. The van der Waals surface area contributed by atoms with E-state index in [2.05, 4.69) is 29.5 Å². The van der Waals surface area contributed by atoms with Gasteiger partial charge < -0.3 is 25.8 Å². The molecule has 2 amide bonds. The molecule has 1 atom stereocenters. The Morgan fingerprint density at radius 2 is 1.92 bits per heavy atom. The summed E-state index contributed by atoms with van der Waals surface area (Å²) in [6, 6.07) is 8.79. The Kier molecular flexibility index (Phi) is 7.07. The first kappa shape index (κ1) is 25.9. The molecule has 0 fully saturated rings. The van der Waals surface area contributed by atoms with Crippen LogP contribution in [0.1, 0.15) is 50.7 Å². The summed E-state index contributed by atoms with van der Waals surface area (Å²) < 4.78 is 11.0. The SMILES string of the molecule is COc1cc([C@@H]2C(C(=O)Nc3cc(C)ccn3)=C(C)NC3=C2C(=O)CC(C)(C)C3)ccc1OCC(N)=O. The number of ketones is 1. The Morgan fingerprint density at radius 1 is 1.16 bits per heavy atom. The molecule has 1 aromatic heterocycles. The lowest BCUT2D eigenvalue weighted by Gasteiger charge is -2.39. The molecule has 0 saturated carbocycles. The molecule has 1 aliphatic carbocycles. The first-order valence-corrected chi connectivity index (χ1v) is 12.1. The Balaban J connectivity index is 1.81. The number of carbonyl (C=O) groups is 3. The number of dihydropyridines is 1. The summed E-state index contributed by atoms with van der Waals surface area (Å²) in [4.78, 5) is 42.7. The van der Waals surface area contributed by atoms with Gasteiger partial charge in [-0.15, -0.1) is 0 Å². The van der Waals surface area contributed by atoms with Gasteiger partial charge in [0.25, 0.3) is 11.8 Å². The molecule has 2 heterocycles. The Hall–Kier alpha value is -4.14. The van der Waals surface area contributed by atoms with Crippen LogP contribution in [0.15, 0.2) is 59.1 Å². The molecule has 4 rings (SSSR count). The number of hydrogen-bond donors (Lipinski definition) is 3. The minimum absolute atomic E-state index is 0.0109. The molecule has 9 nitrogen and oxygen atoms in total. The number of pyridine rings is 1. The molecule has 2 aromatic rings. The van der Waals surface area contributed by atoms with Gasteiger partial charge in [0.1, 0.15) is 5.82 Å². The second-order valence-electron chi connectivity index (χ2n) is 10.3. The normalized spacial score (nSPS) is 18.6. The van der Waals surface area contributed by atoms with Gasteiger partial charge in [0.05, 0.1) is 7.11 Å². The highest BCUT2D eigenvalue weighted by atomic mass is 16.5. The second-order valence-corrected chi connectivity index (χ2v) is 10.3. The van der Waals surface area contributed by atoms with Crippen LogP contribution >= 0.6 is 0 Å². The van der Waals surface area contributed by atoms with Gasteiger partial charge in [-0.2, -0.15) is 0 Å². The van der Waals surface area contributed by atoms with Gasteiger partial charge >= 0.3 is 0 Å². The van der Waals surface area contributed by atoms with E-state index in [4.69, 9.17) is 15.2 Å². The molecule has 37 heavy (non-hydrogen) atoms. The molecular weight excluding hydrogens is 472 g/mol. The average Bonchev–Trinajstić information content (AvgIpc) is 2.80. The molecule has 0 saturated heterocycles. The van der Waals surface area contributed by atoms with E-state index >= 15 is 0 Å². The van der Waals surface area contributed by atoms with Crippen LogP contribution < -0.4 is 25.8 Å². The van der Waals surface area contributed by atoms with Crippen molar-refractivity contribution in [3.63, 3.8) is 0 Å². The van der Waals surface area contributed by atoms with Crippen LogP contribution in [0.5, 0.6) is 11.5 Å². The second kappa shape index (κ2) is 10.1. The first-order chi connectivity index (χ1) is 17.5. The fourth-order valence-electron chi connectivity index (χ4n) is 4.99. The fourth-order valence-corrected chi connectivity index (χ4v) is 4.99. The largest absolute Gasteiger partial charge is 0.493 e. The molecule has 0 bridgehead atoms. The van der Waals surface area contributed by atoms with Crippen molar-refractivity contribution in [1.29, 1.82) is 0 Å². The summed E-state index contributed by atoms with van der Waals surface area (Å²) in [7, 11) is 1.48. The van der Waals surface area contributed by atoms with Crippen LogP contribution in [0.3, 0.4) is 0 Å². The number of Topliss-reactive ketones (excluding diaryl/α,β-unsaturated/α-hetero) is 1. The third-order valence-corrected chi connectivity index (χ3v) is 6.53. The Labute approximate surface area is 216 Å². The number of methoxy groups -OCH3 is 1. The van der Waals surface area contributed by atoms with E-state index in [1.165, 1.54) is 7.11 Å². The summed E-state index contributed by atoms with van der Waals surface area (Å²) in [6.45, 7) is 7.57. The summed E-state index contributed by atoms with van der Waals surface area (Å²) >= 11 is 0. The van der Waals surface area contributed by atoms with Gasteiger partial charge in [-0.1, -0.05) is 19.9 Å². The van der Waals surface area contributed by atoms with Gasteiger partial charge in [-0.3, -0.25) is 14.4 Å². The maximum atomic E-state index is 13.7. The monoisotopic (exact) mass is 504 g/mol. The van der Waals surface area contributed by atoms with Gasteiger partial charge in [0.2, 0.25) is 0 Å². The molecule has 0 unspecified atom stereocenters. The van der Waals surface area contributed by atoms with Crippen LogP contribution in [0.4, 0.5) is 5.82 Å². The lowest BCUT2D eigenvalue weighted by atomic mass is 9.68. The number of ether oxygens (including phenoxy) is 2. The van der Waals surface area contributed by atoms with Gasteiger partial charge in [-0.25, -0.2) is 4.98 Å². The molecule has 1 aromatic carbocycles. The molecule has 2 aliphatic rings. The summed E-state index contributed by atoms with van der Waals surface area (Å²) in [5, 5.41) is 6.25. The number of rotatable bonds is 7. The van der Waals surface area contributed by atoms with E-state index in [0.29, 0.717) is 52.6 Å². The van der Waals surface area contributed by atoms with Gasteiger partial charge in [0.15, 0.2) is 23.9 Å². The lowest BCUT2D eigenvalue weighted by Crippen LogP contribution is -2.39. The number of primary amides is 1. The van der Waals surface area contributed by atoms with Crippen LogP contribution in [0.25, 0.3) is 0 Å². The predicted octanol–water partition coefficient (Wildman–Crippen LogP) is 3.51. The van der Waals surface area contributed by atoms with Crippen molar-refractivity contribution in [2.75, 3.05) is 19.0 Å². The minimum atomic E-state index is -0.635. The fraction of sp³-hybridized carbons (Fsp3) is 0.357. The number of aromatic nitrogens is 1. The highest BCUT2D eigenvalue weighted by Gasteiger charge is 2.43. The number of allylic oxidation sites excluding steroid dienone is 3. The molecule has 194 valence electrons. The van der Waals surface area contributed by atoms with E-state index in [0.717, 1.165) is 11.3 Å². The van der Waals surface area contributed by atoms with Crippen LogP contribution in [0, 0.1) is 12.3 Å². The van der Waals surface area contributed by atoms with Crippen molar-refractivity contribution in [2.45, 2.75) is 46.5 Å². The highest BCUT2D eigenvalue weighted by Crippen LogP contribution is 2.47. The molecule has 0 spiro atoms. The van der Waals surface area contributed by atoms with Crippen molar-refractivity contribution in [3.05, 3.63) is 70.2 Å². The van der Waals surface area contributed by atoms with E-state index in [1.54, 1.807) is 30.5 Å². The van der Waals surface area contributed by atoms with Crippen LogP contribution in [0.2, 0.25) is 0 Å². The number of aryl methyl sites for hydroxylation is 1. The smallest absolute Gasteiger partial charge is 0.255 e. The Morgan fingerprint density at radius 3 is 2.59 bits per heavy atom. The maximum Gasteiger partial charge on any atom is 0.255 e. The van der Waals surface area contributed by atoms with Crippen molar-refractivity contribution in [1.82, 2.24) is 10.3 Å². The average molecular weight is 505 g/mol. The maximum absolute atomic E-state index is 13.7. The van der Waals surface area contributed by atoms with E-state index in [9.17, 15) is 14.4 Å². The topological polar surface area (TPSA) is 133 Å². The molecule has 4 N–H and O–H groups in total. The number of carbonyl (C=O) groups excluding carboxylic acids is 3. The molecule has 9 heteroatoms. The van der Waals surface area contributed by atoms with Crippen LogP contribution in [-0.2, 0) is 14.4 Å². The van der Waals surface area contributed by atoms with E-state index < -0.39 is 11.8 Å². The van der Waals surface area contributed by atoms with E-state index in [1.807, 2.05) is 19.9 Å². The molecular formula is C28H32N4O5. The Bertz CT molecular complexity index is 1340. The number of hydrogen-bond acceptors (Lipinski definition) is 7. The third-order valence-electron chi connectivity index (χ3n) is 6.53. The van der Waals surface area contributed by atoms with Gasteiger partial charge in [0, 0.05) is 41.1 Å². The number of nitrogens with two attached hydrogens (primary N) is 1. The summed E-state index contributed by atoms with van der Waals surface area (Å²) in [6.07, 6.45) is 2.67. The minimum Gasteiger partial charge on any atom is -0.493 e. The number of nitrogens with zero attached hydrogens (tertiary/aromatic N) is 1. The number of benzene rings is 1. The number of amides is 2. The van der Waals surface area contributed by atoms with Gasteiger partial charge in [-0.05, 0) is 61.1 Å². The van der Waals surface area contributed by atoms with Crippen molar-refractivity contribution in [2.24, 2.45) is 11.1 Å². The predicted molar refractivity (Wildman–Crippen MR) is 139 cm³/mol. The highest BCUT2D eigenvalue weighted by molar-refractivity contribution is 6.09. The van der Waals surface area contributed by atoms with Crippen molar-refractivity contribution >= 4 is 23.4 Å². The third kappa shape index (κ3) is 5.50. The number of anilines is 1. The van der Waals surface area contributed by atoms with Crippen molar-refractivity contribution < 1.29 is 23.9 Å². The van der Waals surface area contributed by atoms with E-state index in [-0.39, 0.29) is 23.7 Å². The van der Waals surface area contributed by atoms with Crippen LogP contribution in [-0.4, -0.2) is 36.3 Å². The quantitative estimate of drug-likeness (QED) is 0.526. The molecule has 0 radical (unpaired) electrons. The first-order valence-electron chi connectivity index (χ1n) is 12.1. The summed E-state index contributed by atoms with van der Waals surface area (Å²) in [5.74, 6) is -0.497. The zero-order chi connectivity index (χ0) is 26.9. The zero-order valence-electron chi connectivity index (χ0n) is 21.7.